The molecule has 1 N–H and O–H groups in total. The van der Waals surface area contributed by atoms with Crippen LogP contribution in [0.1, 0.15) is 39.2 Å². The minimum Gasteiger partial charge on any atom is -0.373 e. The lowest BCUT2D eigenvalue weighted by atomic mass is 10.2. The summed E-state index contributed by atoms with van der Waals surface area (Å²) in [5.41, 5.74) is 1.06. The molecule has 2 unspecified atom stereocenters. The number of morpholine rings is 1. The van der Waals surface area contributed by atoms with Crippen LogP contribution in [-0.2, 0) is 27.1 Å². The molecule has 1 aromatic heterocycles. The Morgan fingerprint density at radius 2 is 2.20 bits per heavy atom. The molecule has 0 radical (unpaired) electrons. The average Bonchev–Trinajstić information content (AvgIpc) is 2.66. The van der Waals surface area contributed by atoms with E-state index in [0.29, 0.717) is 26.3 Å². The Morgan fingerprint density at radius 1 is 1.40 bits per heavy atom. The molecule has 2 rings (SSSR count). The summed E-state index contributed by atoms with van der Waals surface area (Å²) in [4.78, 5) is 23.4. The van der Waals surface area contributed by atoms with E-state index in [1.165, 1.54) is 0 Å². The van der Waals surface area contributed by atoms with Gasteiger partial charge in [-0.3, -0.25) is 4.79 Å². The predicted octanol–water partition coefficient (Wildman–Crippen LogP) is 1.35. The van der Waals surface area contributed by atoms with Gasteiger partial charge in [-0.1, -0.05) is 13.8 Å². The van der Waals surface area contributed by atoms with Crippen LogP contribution in [0.4, 0.5) is 5.82 Å². The number of amides is 1. The zero-order valence-electron chi connectivity index (χ0n) is 15.7. The molecule has 0 saturated carbocycles. The predicted molar refractivity (Wildman–Crippen MR) is 96.8 cm³/mol. The number of hydrogen-bond acceptors (Lipinski definition) is 6. The minimum absolute atomic E-state index is 0.0587. The van der Waals surface area contributed by atoms with E-state index in [-0.39, 0.29) is 12.0 Å². The first-order chi connectivity index (χ1) is 12.1. The molecule has 1 aliphatic rings. The second-order valence-corrected chi connectivity index (χ2v) is 6.12. The van der Waals surface area contributed by atoms with E-state index < -0.39 is 6.10 Å². The molecule has 1 aliphatic heterocycles. The van der Waals surface area contributed by atoms with Gasteiger partial charge in [0.1, 0.15) is 17.7 Å². The van der Waals surface area contributed by atoms with Crippen LogP contribution >= 0.6 is 0 Å². The molecule has 1 fully saturated rings. The lowest BCUT2D eigenvalue weighted by molar-refractivity contribution is -0.132. The van der Waals surface area contributed by atoms with Gasteiger partial charge in [0.25, 0.3) is 0 Å². The highest BCUT2D eigenvalue weighted by molar-refractivity contribution is 5.80. The zero-order chi connectivity index (χ0) is 18.2. The van der Waals surface area contributed by atoms with Crippen molar-refractivity contribution in [2.24, 2.45) is 0 Å². The maximum Gasteiger partial charge on any atom is 0.248 e. The molecule has 0 aromatic carbocycles. The summed E-state index contributed by atoms with van der Waals surface area (Å²) in [5, 5.41) is 2.91. The van der Waals surface area contributed by atoms with Gasteiger partial charge in [0.15, 0.2) is 0 Å². The molecule has 140 valence electrons. The van der Waals surface area contributed by atoms with Gasteiger partial charge in [-0.25, -0.2) is 9.97 Å². The monoisotopic (exact) mass is 350 g/mol. The summed E-state index contributed by atoms with van der Waals surface area (Å²) >= 11 is 0. The van der Waals surface area contributed by atoms with Gasteiger partial charge >= 0.3 is 0 Å². The fourth-order valence-electron chi connectivity index (χ4n) is 2.77. The molecular weight excluding hydrogens is 320 g/mol. The molecule has 1 aromatic rings. The average molecular weight is 350 g/mol. The van der Waals surface area contributed by atoms with Crippen molar-refractivity contribution in [2.45, 2.75) is 52.7 Å². The fourth-order valence-corrected chi connectivity index (χ4v) is 2.77. The van der Waals surface area contributed by atoms with Crippen LogP contribution in [0.25, 0.3) is 0 Å². The number of aryl methyl sites for hydroxylation is 2. The Hall–Kier alpha value is -1.73. The SMILES string of the molecule is CCOC(C)C(=O)NCC1CN(c2cc(CC)nc(CC)n2)CCO1. The van der Waals surface area contributed by atoms with Crippen molar-refractivity contribution >= 4 is 11.7 Å². The number of aromatic nitrogens is 2. The number of nitrogens with one attached hydrogen (secondary N) is 1. The Morgan fingerprint density at radius 3 is 2.88 bits per heavy atom. The van der Waals surface area contributed by atoms with Crippen LogP contribution in [0.2, 0.25) is 0 Å². The van der Waals surface area contributed by atoms with Crippen molar-refractivity contribution < 1.29 is 14.3 Å². The zero-order valence-corrected chi connectivity index (χ0v) is 15.7. The van der Waals surface area contributed by atoms with Crippen molar-refractivity contribution in [3.8, 4) is 0 Å². The molecule has 7 nitrogen and oxygen atoms in total. The summed E-state index contributed by atoms with van der Waals surface area (Å²) in [6, 6.07) is 2.05. The van der Waals surface area contributed by atoms with Gasteiger partial charge in [-0.15, -0.1) is 0 Å². The summed E-state index contributed by atoms with van der Waals surface area (Å²) in [6.07, 6.45) is 1.21. The van der Waals surface area contributed by atoms with Gasteiger partial charge < -0.3 is 19.7 Å². The van der Waals surface area contributed by atoms with Crippen LogP contribution < -0.4 is 10.2 Å². The van der Waals surface area contributed by atoms with Crippen molar-refractivity contribution in [1.29, 1.82) is 0 Å². The van der Waals surface area contributed by atoms with Gasteiger partial charge in [0.2, 0.25) is 5.91 Å². The molecule has 25 heavy (non-hydrogen) atoms. The maximum atomic E-state index is 12.0. The lowest BCUT2D eigenvalue weighted by Crippen LogP contribution is -2.49. The Labute approximate surface area is 150 Å². The Bertz CT molecular complexity index is 545. The molecule has 0 spiro atoms. The van der Waals surface area contributed by atoms with Crippen LogP contribution in [-0.4, -0.2) is 60.9 Å². The third-order valence-electron chi connectivity index (χ3n) is 4.24. The second kappa shape index (κ2) is 9.68. The van der Waals surface area contributed by atoms with E-state index in [1.54, 1.807) is 6.92 Å². The molecule has 0 bridgehead atoms. The van der Waals surface area contributed by atoms with Gasteiger partial charge in [-0.05, 0) is 20.3 Å². The van der Waals surface area contributed by atoms with Gasteiger partial charge in [-0.2, -0.15) is 0 Å². The van der Waals surface area contributed by atoms with E-state index in [0.717, 1.165) is 36.7 Å². The lowest BCUT2D eigenvalue weighted by Gasteiger charge is -2.34. The summed E-state index contributed by atoms with van der Waals surface area (Å²) in [7, 11) is 0. The van der Waals surface area contributed by atoms with Crippen molar-refractivity contribution in [2.75, 3.05) is 37.7 Å². The minimum atomic E-state index is -0.439. The molecular formula is C18H30N4O3. The number of ether oxygens (including phenoxy) is 2. The highest BCUT2D eigenvalue weighted by Crippen LogP contribution is 2.17. The largest absolute Gasteiger partial charge is 0.373 e. The van der Waals surface area contributed by atoms with E-state index in [1.807, 2.05) is 6.92 Å². The molecule has 7 heteroatoms. The smallest absolute Gasteiger partial charge is 0.248 e. The number of hydrogen-bond donors (Lipinski definition) is 1. The number of anilines is 1. The Balaban J connectivity index is 1.95. The third kappa shape index (κ3) is 5.64. The highest BCUT2D eigenvalue weighted by Gasteiger charge is 2.23. The summed E-state index contributed by atoms with van der Waals surface area (Å²) in [5.74, 6) is 1.72. The molecule has 2 atom stereocenters. The topological polar surface area (TPSA) is 76.6 Å². The second-order valence-electron chi connectivity index (χ2n) is 6.12. The van der Waals surface area contributed by atoms with E-state index in [4.69, 9.17) is 9.47 Å². The van der Waals surface area contributed by atoms with Crippen molar-refractivity contribution in [3.63, 3.8) is 0 Å². The number of nitrogens with zero attached hydrogens (tertiary/aromatic N) is 3. The maximum absolute atomic E-state index is 12.0. The Kier molecular flexibility index (Phi) is 7.58. The fraction of sp³-hybridized carbons (Fsp3) is 0.722. The van der Waals surface area contributed by atoms with Gasteiger partial charge in [0.05, 0.1) is 12.7 Å². The number of carbonyl (C=O) groups excluding carboxylic acids is 1. The molecule has 2 heterocycles. The van der Waals surface area contributed by atoms with Gasteiger partial charge in [0, 0.05) is 44.4 Å². The van der Waals surface area contributed by atoms with E-state index in [2.05, 4.69) is 40.1 Å². The first kappa shape index (κ1) is 19.6. The normalized spacial score (nSPS) is 18.9. The summed E-state index contributed by atoms with van der Waals surface area (Å²) < 4.78 is 11.1. The quantitative estimate of drug-likeness (QED) is 0.763. The highest BCUT2D eigenvalue weighted by atomic mass is 16.5. The molecule has 1 amide bonds. The number of carbonyl (C=O) groups is 1. The first-order valence-electron chi connectivity index (χ1n) is 9.20. The van der Waals surface area contributed by atoms with Crippen molar-refractivity contribution in [3.05, 3.63) is 17.6 Å². The van der Waals surface area contributed by atoms with E-state index >= 15 is 0 Å². The standard InChI is InChI=1S/C18H30N4O3/c1-5-14-10-17(21-16(6-2)20-14)22-8-9-25-15(12-22)11-19-18(23)13(4)24-7-3/h10,13,15H,5-9,11-12H2,1-4H3,(H,19,23). The van der Waals surface area contributed by atoms with Crippen molar-refractivity contribution in [1.82, 2.24) is 15.3 Å². The third-order valence-corrected chi connectivity index (χ3v) is 4.24. The van der Waals surface area contributed by atoms with Crippen LogP contribution in [0.3, 0.4) is 0 Å². The van der Waals surface area contributed by atoms with Crippen LogP contribution in [0.15, 0.2) is 6.07 Å². The molecule has 1 saturated heterocycles. The summed E-state index contributed by atoms with van der Waals surface area (Å²) in [6.45, 7) is 10.9. The molecule has 0 aliphatic carbocycles. The van der Waals surface area contributed by atoms with Crippen LogP contribution in [0, 0.1) is 0 Å². The number of rotatable bonds is 8. The van der Waals surface area contributed by atoms with E-state index in [9.17, 15) is 4.79 Å². The van der Waals surface area contributed by atoms with Crippen LogP contribution in [0.5, 0.6) is 0 Å². The first-order valence-corrected chi connectivity index (χ1v) is 9.20.